The maximum Gasteiger partial charge on any atom is 0.223 e. The minimum absolute atomic E-state index is 0. The first-order valence-corrected chi connectivity index (χ1v) is 10.7. The Bertz CT molecular complexity index is 470. The molecule has 3 unspecified atom stereocenters. The second kappa shape index (κ2) is 11.6. The molecule has 0 aromatic carbocycles. The topological polar surface area (TPSA) is 85.8 Å². The molecule has 8 heteroatoms. The summed E-state index contributed by atoms with van der Waals surface area (Å²) in [6.45, 7) is 7.25. The fraction of sp³-hybridized carbons (Fsp3) is 0.889. The summed E-state index contributed by atoms with van der Waals surface area (Å²) in [4.78, 5) is 16.9. The van der Waals surface area contributed by atoms with Crippen LogP contribution in [0.2, 0.25) is 0 Å². The first-order valence-electron chi connectivity index (χ1n) is 9.57. The van der Waals surface area contributed by atoms with Crippen LogP contribution in [0.15, 0.2) is 4.99 Å². The van der Waals surface area contributed by atoms with Gasteiger partial charge in [-0.05, 0) is 52.2 Å². The molecule has 1 saturated carbocycles. The van der Waals surface area contributed by atoms with Crippen LogP contribution in [-0.2, 0) is 4.79 Å². The second-order valence-electron chi connectivity index (χ2n) is 7.59. The number of halogens is 1. The lowest BCUT2D eigenvalue weighted by atomic mass is 9.85. The van der Waals surface area contributed by atoms with Crippen LogP contribution >= 0.6 is 35.7 Å². The molecule has 26 heavy (non-hydrogen) atoms. The van der Waals surface area contributed by atoms with Crippen LogP contribution in [0.5, 0.6) is 0 Å². The highest BCUT2D eigenvalue weighted by Gasteiger charge is 2.32. The number of aliphatic imine (C=N–C) groups is 1. The molecule has 0 radical (unpaired) electrons. The van der Waals surface area contributed by atoms with Crippen molar-refractivity contribution in [1.82, 2.24) is 16.0 Å². The Morgan fingerprint density at radius 3 is 2.77 bits per heavy atom. The molecule has 1 saturated heterocycles. The molecule has 2 rings (SSSR count). The molecule has 4 N–H and O–H groups in total. The van der Waals surface area contributed by atoms with Gasteiger partial charge >= 0.3 is 0 Å². The third kappa shape index (κ3) is 7.80. The zero-order valence-corrected chi connectivity index (χ0v) is 19.4. The van der Waals surface area contributed by atoms with Crippen molar-refractivity contribution in [2.45, 2.75) is 70.6 Å². The van der Waals surface area contributed by atoms with Gasteiger partial charge in [-0.1, -0.05) is 6.42 Å². The van der Waals surface area contributed by atoms with Crippen molar-refractivity contribution in [1.29, 1.82) is 0 Å². The van der Waals surface area contributed by atoms with E-state index in [1.165, 1.54) is 0 Å². The van der Waals surface area contributed by atoms with Crippen LogP contribution in [-0.4, -0.2) is 59.3 Å². The molecule has 1 amide bonds. The number of thioether (sulfide) groups is 1. The van der Waals surface area contributed by atoms with Gasteiger partial charge in [0.2, 0.25) is 5.91 Å². The Morgan fingerprint density at radius 2 is 2.15 bits per heavy atom. The summed E-state index contributed by atoms with van der Waals surface area (Å²) in [7, 11) is 0. The second-order valence-corrected chi connectivity index (χ2v) is 8.70. The first kappa shape index (κ1) is 23.8. The Kier molecular flexibility index (Phi) is 10.6. The van der Waals surface area contributed by atoms with Gasteiger partial charge in [-0.25, -0.2) is 0 Å². The number of amides is 1. The lowest BCUT2D eigenvalue weighted by Gasteiger charge is -2.31. The number of nitrogens with zero attached hydrogens (tertiary/aromatic N) is 1. The van der Waals surface area contributed by atoms with Crippen LogP contribution in [0, 0.1) is 5.92 Å². The van der Waals surface area contributed by atoms with Crippen molar-refractivity contribution in [3.8, 4) is 0 Å². The largest absolute Gasteiger partial charge is 0.387 e. The molecule has 0 spiro atoms. The summed E-state index contributed by atoms with van der Waals surface area (Å²) in [6.07, 6.45) is 4.70. The quantitative estimate of drug-likeness (QED) is 0.256. The van der Waals surface area contributed by atoms with Crippen LogP contribution in [0.4, 0.5) is 0 Å². The van der Waals surface area contributed by atoms with E-state index in [1.54, 1.807) is 11.8 Å². The van der Waals surface area contributed by atoms with Crippen LogP contribution in [0.25, 0.3) is 0 Å². The van der Waals surface area contributed by atoms with Crippen LogP contribution < -0.4 is 16.0 Å². The van der Waals surface area contributed by atoms with Crippen molar-refractivity contribution in [3.63, 3.8) is 0 Å². The smallest absolute Gasteiger partial charge is 0.223 e. The van der Waals surface area contributed by atoms with Gasteiger partial charge < -0.3 is 21.1 Å². The maximum absolute atomic E-state index is 12.3. The van der Waals surface area contributed by atoms with Gasteiger partial charge in [0.1, 0.15) is 0 Å². The Morgan fingerprint density at radius 1 is 1.38 bits per heavy atom. The Balaban J connectivity index is 0.00000338. The molecule has 2 aliphatic rings. The predicted molar refractivity (Wildman–Crippen MR) is 120 cm³/mol. The van der Waals surface area contributed by atoms with Gasteiger partial charge in [-0.3, -0.25) is 9.79 Å². The summed E-state index contributed by atoms with van der Waals surface area (Å²) in [6, 6.07) is 0.437. The third-order valence-corrected chi connectivity index (χ3v) is 6.01. The summed E-state index contributed by atoms with van der Waals surface area (Å²) < 4.78 is 0. The lowest BCUT2D eigenvalue weighted by Crippen LogP contribution is -2.48. The van der Waals surface area contributed by atoms with Crippen LogP contribution in [0.3, 0.4) is 0 Å². The van der Waals surface area contributed by atoms with E-state index in [0.717, 1.165) is 56.1 Å². The van der Waals surface area contributed by atoms with Crippen molar-refractivity contribution >= 4 is 47.6 Å². The highest BCUT2D eigenvalue weighted by molar-refractivity contribution is 14.0. The SMILES string of the molecule is CCNC(=NCC1(O)CCSC1)NC1CCCC(C(=O)NC(C)C)C1.I. The summed E-state index contributed by atoms with van der Waals surface area (Å²) >= 11 is 1.79. The zero-order chi connectivity index (χ0) is 18.3. The molecule has 1 heterocycles. The van der Waals surface area contributed by atoms with Crippen molar-refractivity contribution < 1.29 is 9.90 Å². The molecule has 0 bridgehead atoms. The van der Waals surface area contributed by atoms with Gasteiger partial charge in [0, 0.05) is 30.3 Å². The summed E-state index contributed by atoms with van der Waals surface area (Å²) in [5, 5.41) is 20.3. The molecule has 0 aromatic rings. The van der Waals surface area contributed by atoms with Gasteiger partial charge in [0.15, 0.2) is 5.96 Å². The van der Waals surface area contributed by atoms with E-state index in [1.807, 2.05) is 20.8 Å². The monoisotopic (exact) mass is 498 g/mol. The number of hydrogen-bond acceptors (Lipinski definition) is 4. The highest BCUT2D eigenvalue weighted by atomic mass is 127. The van der Waals surface area contributed by atoms with Gasteiger partial charge in [-0.2, -0.15) is 11.8 Å². The van der Waals surface area contributed by atoms with Gasteiger partial charge in [0.25, 0.3) is 0 Å². The average Bonchev–Trinajstić information content (AvgIpc) is 3.00. The summed E-state index contributed by atoms with van der Waals surface area (Å²) in [5.74, 6) is 2.76. The van der Waals surface area contributed by atoms with Gasteiger partial charge in [0.05, 0.1) is 12.1 Å². The zero-order valence-electron chi connectivity index (χ0n) is 16.2. The highest BCUT2D eigenvalue weighted by Crippen LogP contribution is 2.28. The predicted octanol–water partition coefficient (Wildman–Crippen LogP) is 2.11. The average molecular weight is 498 g/mol. The molecular formula is C18H35IN4O2S. The fourth-order valence-corrected chi connectivity index (χ4v) is 4.71. The lowest BCUT2D eigenvalue weighted by molar-refractivity contribution is -0.126. The normalized spacial score (nSPS) is 29.2. The maximum atomic E-state index is 12.3. The van der Waals surface area contributed by atoms with Crippen molar-refractivity contribution in [2.75, 3.05) is 24.6 Å². The number of carbonyl (C=O) groups excluding carboxylic acids is 1. The minimum atomic E-state index is -0.667. The third-order valence-electron chi connectivity index (χ3n) is 4.77. The fourth-order valence-electron chi connectivity index (χ4n) is 3.42. The van der Waals surface area contributed by atoms with Crippen molar-refractivity contribution in [3.05, 3.63) is 0 Å². The number of hydrogen-bond donors (Lipinski definition) is 4. The van der Waals surface area contributed by atoms with E-state index in [2.05, 4.69) is 20.9 Å². The number of nitrogens with one attached hydrogen (secondary N) is 3. The number of aliphatic hydroxyl groups is 1. The summed E-state index contributed by atoms with van der Waals surface area (Å²) in [5.41, 5.74) is -0.667. The minimum Gasteiger partial charge on any atom is -0.387 e. The Hall–Kier alpha value is -0.220. The van der Waals surface area contributed by atoms with E-state index in [4.69, 9.17) is 0 Å². The number of guanidine groups is 1. The molecule has 1 aliphatic carbocycles. The molecule has 0 aromatic heterocycles. The number of rotatable bonds is 6. The van der Waals surface area contributed by atoms with Crippen molar-refractivity contribution in [2.24, 2.45) is 10.9 Å². The molecule has 152 valence electrons. The van der Waals surface area contributed by atoms with E-state index in [0.29, 0.717) is 6.54 Å². The molecular weight excluding hydrogens is 463 g/mol. The van der Waals surface area contributed by atoms with E-state index in [9.17, 15) is 9.90 Å². The Labute approximate surface area is 179 Å². The number of carbonyl (C=O) groups is 1. The molecule has 2 fully saturated rings. The standard InChI is InChI=1S/C18H34N4O2S.HI/c1-4-19-17(20-11-18(24)8-9-25-12-18)22-15-7-5-6-14(10-15)16(23)21-13(2)3;/h13-15,24H,4-12H2,1-3H3,(H,21,23)(H2,19,20,22);1H. The van der Waals surface area contributed by atoms with E-state index >= 15 is 0 Å². The van der Waals surface area contributed by atoms with E-state index in [-0.39, 0.29) is 47.9 Å². The van der Waals surface area contributed by atoms with Crippen LogP contribution in [0.1, 0.15) is 52.9 Å². The van der Waals surface area contributed by atoms with E-state index < -0.39 is 5.60 Å². The molecule has 6 nitrogen and oxygen atoms in total. The first-order chi connectivity index (χ1) is 11.9. The molecule has 1 aliphatic heterocycles. The molecule has 3 atom stereocenters. The van der Waals surface area contributed by atoms with Gasteiger partial charge in [-0.15, -0.1) is 24.0 Å².